The molecule has 0 saturated carbocycles. The molecule has 2 N–H and O–H groups in total. The third-order valence-electron chi connectivity index (χ3n) is 5.19. The van der Waals surface area contributed by atoms with Crippen LogP contribution in [0.5, 0.6) is 0 Å². The lowest BCUT2D eigenvalue weighted by atomic mass is 9.79. The van der Waals surface area contributed by atoms with Gasteiger partial charge >= 0.3 is 7.12 Å². The van der Waals surface area contributed by atoms with Crippen LogP contribution in [0.4, 0.5) is 0 Å². The lowest BCUT2D eigenvalue weighted by Gasteiger charge is -2.08. The maximum absolute atomic E-state index is 9.52. The van der Waals surface area contributed by atoms with Crippen molar-refractivity contribution in [3.8, 4) is 11.4 Å². The Morgan fingerprint density at radius 3 is 2.11 bits per heavy atom. The normalized spacial score (nSPS) is 11.5. The molecule has 0 aliphatic carbocycles. The number of hydrogen-bond acceptors (Lipinski definition) is 3. The van der Waals surface area contributed by atoms with Crippen LogP contribution in [0.2, 0.25) is 0 Å². The summed E-state index contributed by atoms with van der Waals surface area (Å²) in [6, 6.07) is 23.9. The number of fused-ring (bicyclic) bond motifs is 6. The van der Waals surface area contributed by atoms with Gasteiger partial charge in [-0.1, -0.05) is 72.8 Å². The Bertz CT molecular complexity index is 1320. The lowest BCUT2D eigenvalue weighted by molar-refractivity contribution is 0.426. The molecule has 4 aromatic carbocycles. The summed E-state index contributed by atoms with van der Waals surface area (Å²) < 4.78 is 2.09. The average Bonchev–Trinajstić information content (AvgIpc) is 3.06. The summed E-state index contributed by atoms with van der Waals surface area (Å²) in [5.74, 6) is 0.800. The summed E-state index contributed by atoms with van der Waals surface area (Å²) >= 11 is 0. The van der Waals surface area contributed by atoms with Gasteiger partial charge in [-0.2, -0.15) is 0 Å². The summed E-state index contributed by atoms with van der Waals surface area (Å²) in [6.07, 6.45) is 0. The second-order valence-electron chi connectivity index (χ2n) is 6.78. The van der Waals surface area contributed by atoms with Crippen molar-refractivity contribution in [3.63, 3.8) is 0 Å². The SMILES string of the molecule is Cn1c(-c2cccc(B(O)O)c2)nc2c3ccccc3c3ccccc3c21. The molecule has 0 aliphatic rings. The molecule has 0 bridgehead atoms. The van der Waals surface area contributed by atoms with Crippen LogP contribution in [0.3, 0.4) is 0 Å². The quantitative estimate of drug-likeness (QED) is 0.379. The Morgan fingerprint density at radius 1 is 0.778 bits per heavy atom. The van der Waals surface area contributed by atoms with E-state index in [9.17, 15) is 10.0 Å². The minimum atomic E-state index is -1.50. The minimum Gasteiger partial charge on any atom is -0.423 e. The van der Waals surface area contributed by atoms with Gasteiger partial charge in [0.15, 0.2) is 0 Å². The fourth-order valence-electron chi connectivity index (χ4n) is 3.94. The maximum atomic E-state index is 9.52. The second-order valence-corrected chi connectivity index (χ2v) is 6.78. The number of aryl methyl sites for hydroxylation is 1. The molecule has 0 spiro atoms. The highest BCUT2D eigenvalue weighted by atomic mass is 16.4. The van der Waals surface area contributed by atoms with E-state index in [1.54, 1.807) is 12.1 Å². The average molecular weight is 352 g/mol. The van der Waals surface area contributed by atoms with Crippen LogP contribution in [-0.2, 0) is 7.05 Å². The zero-order valence-electron chi connectivity index (χ0n) is 14.8. The molecule has 0 fully saturated rings. The number of imidazole rings is 1. The van der Waals surface area contributed by atoms with E-state index in [0.29, 0.717) is 5.46 Å². The van der Waals surface area contributed by atoms with E-state index in [2.05, 4.69) is 41.0 Å². The van der Waals surface area contributed by atoms with Crippen molar-refractivity contribution in [1.29, 1.82) is 0 Å². The van der Waals surface area contributed by atoms with E-state index in [-0.39, 0.29) is 0 Å². The Morgan fingerprint density at radius 2 is 1.41 bits per heavy atom. The first-order chi connectivity index (χ1) is 13.1. The molecule has 1 aromatic heterocycles. The molecule has 1 heterocycles. The smallest absolute Gasteiger partial charge is 0.423 e. The molecule has 5 heteroatoms. The molecule has 5 rings (SSSR count). The van der Waals surface area contributed by atoms with Crippen LogP contribution in [0.1, 0.15) is 0 Å². The van der Waals surface area contributed by atoms with Gasteiger partial charge in [0.05, 0.1) is 11.0 Å². The zero-order chi connectivity index (χ0) is 18.5. The first-order valence-corrected chi connectivity index (χ1v) is 8.87. The van der Waals surface area contributed by atoms with Crippen molar-refractivity contribution < 1.29 is 10.0 Å². The topological polar surface area (TPSA) is 58.3 Å². The van der Waals surface area contributed by atoms with E-state index in [1.165, 1.54) is 10.8 Å². The predicted octanol–water partition coefficient (Wildman–Crippen LogP) is 3.23. The van der Waals surface area contributed by atoms with Gasteiger partial charge in [0.1, 0.15) is 5.82 Å². The summed E-state index contributed by atoms with van der Waals surface area (Å²) in [7, 11) is 0.509. The van der Waals surface area contributed by atoms with Crippen molar-refractivity contribution in [3.05, 3.63) is 72.8 Å². The number of aromatic nitrogens is 2. The number of benzene rings is 4. The van der Waals surface area contributed by atoms with Crippen molar-refractivity contribution in [2.75, 3.05) is 0 Å². The Hall–Kier alpha value is -3.15. The predicted molar refractivity (Wildman–Crippen MR) is 111 cm³/mol. The highest BCUT2D eigenvalue weighted by Gasteiger charge is 2.18. The fraction of sp³-hybridized carbons (Fsp3) is 0.0455. The van der Waals surface area contributed by atoms with Crippen LogP contribution in [0.15, 0.2) is 72.8 Å². The second kappa shape index (κ2) is 5.94. The highest BCUT2D eigenvalue weighted by Crippen LogP contribution is 2.36. The maximum Gasteiger partial charge on any atom is 0.488 e. The van der Waals surface area contributed by atoms with Crippen LogP contribution in [-0.4, -0.2) is 26.7 Å². The van der Waals surface area contributed by atoms with Gasteiger partial charge in [0.2, 0.25) is 0 Å². The monoisotopic (exact) mass is 352 g/mol. The van der Waals surface area contributed by atoms with Crippen molar-refractivity contribution in [2.45, 2.75) is 0 Å². The molecule has 0 amide bonds. The van der Waals surface area contributed by atoms with Crippen LogP contribution in [0, 0.1) is 0 Å². The molecular formula is C22H17BN2O2. The van der Waals surface area contributed by atoms with Gasteiger partial charge in [-0.15, -0.1) is 0 Å². The third kappa shape index (κ3) is 2.36. The van der Waals surface area contributed by atoms with Crippen LogP contribution in [0.25, 0.3) is 44.0 Å². The van der Waals surface area contributed by atoms with Gasteiger partial charge in [-0.3, -0.25) is 0 Å². The van der Waals surface area contributed by atoms with E-state index in [1.807, 2.05) is 31.3 Å². The summed E-state index contributed by atoms with van der Waals surface area (Å²) in [5.41, 5.74) is 3.34. The molecule has 0 atom stereocenters. The van der Waals surface area contributed by atoms with Crippen molar-refractivity contribution >= 4 is 45.2 Å². The number of hydrogen-bond donors (Lipinski definition) is 2. The molecule has 4 nitrogen and oxygen atoms in total. The van der Waals surface area contributed by atoms with Gasteiger partial charge < -0.3 is 14.6 Å². The Balaban J connectivity index is 1.92. The molecule has 27 heavy (non-hydrogen) atoms. The van der Waals surface area contributed by atoms with Crippen LogP contribution < -0.4 is 5.46 Å². The van der Waals surface area contributed by atoms with E-state index >= 15 is 0 Å². The molecular weight excluding hydrogens is 335 g/mol. The molecule has 130 valence electrons. The van der Waals surface area contributed by atoms with Gasteiger partial charge in [-0.25, -0.2) is 4.98 Å². The standard InChI is InChI=1S/C22H17BN2O2/c1-25-21-19-12-5-3-10-17(19)16-9-2-4-11-18(16)20(21)24-22(25)14-7-6-8-15(13-14)23(26)27/h2-13,26-27H,1H3. The fourth-order valence-corrected chi connectivity index (χ4v) is 3.94. The van der Waals surface area contributed by atoms with Crippen molar-refractivity contribution in [1.82, 2.24) is 9.55 Å². The summed E-state index contributed by atoms with van der Waals surface area (Å²) in [6.45, 7) is 0. The van der Waals surface area contributed by atoms with Crippen LogP contribution >= 0.6 is 0 Å². The van der Waals surface area contributed by atoms with Gasteiger partial charge in [0.25, 0.3) is 0 Å². The molecule has 5 aromatic rings. The molecule has 0 saturated heterocycles. The summed E-state index contributed by atoms with van der Waals surface area (Å²) in [5, 5.41) is 23.7. The van der Waals surface area contributed by atoms with E-state index < -0.39 is 7.12 Å². The highest BCUT2D eigenvalue weighted by molar-refractivity contribution is 6.58. The molecule has 0 radical (unpaired) electrons. The first kappa shape index (κ1) is 16.1. The van der Waals surface area contributed by atoms with E-state index in [0.717, 1.165) is 33.2 Å². The number of rotatable bonds is 2. The summed E-state index contributed by atoms with van der Waals surface area (Å²) in [4.78, 5) is 4.96. The minimum absolute atomic E-state index is 0.453. The Kier molecular flexibility index (Phi) is 3.54. The number of nitrogens with zero attached hydrogens (tertiary/aromatic N) is 2. The molecule has 0 aliphatic heterocycles. The van der Waals surface area contributed by atoms with Gasteiger partial charge in [-0.05, 0) is 16.2 Å². The van der Waals surface area contributed by atoms with Gasteiger partial charge in [0, 0.05) is 23.4 Å². The first-order valence-electron chi connectivity index (χ1n) is 8.87. The molecule has 0 unspecified atom stereocenters. The zero-order valence-corrected chi connectivity index (χ0v) is 14.8. The Labute approximate surface area is 156 Å². The van der Waals surface area contributed by atoms with Crippen molar-refractivity contribution in [2.24, 2.45) is 7.05 Å². The third-order valence-corrected chi connectivity index (χ3v) is 5.19. The lowest BCUT2D eigenvalue weighted by Crippen LogP contribution is -2.29. The largest absolute Gasteiger partial charge is 0.488 e. The van der Waals surface area contributed by atoms with E-state index in [4.69, 9.17) is 4.98 Å².